The van der Waals surface area contributed by atoms with Gasteiger partial charge in [0.1, 0.15) is 17.1 Å². The van der Waals surface area contributed by atoms with E-state index in [4.69, 9.17) is 39.8 Å². The molecule has 2 N–H and O–H groups in total. The molecule has 0 unspecified atom stereocenters. The van der Waals surface area contributed by atoms with Crippen LogP contribution in [-0.4, -0.2) is 51.2 Å². The normalized spacial score (nSPS) is 11.6. The lowest BCUT2D eigenvalue weighted by atomic mass is 10.1. The molecule has 2 aromatic carbocycles. The molecule has 0 radical (unpaired) electrons. The Morgan fingerprint density at radius 2 is 1.72 bits per heavy atom. The number of fused-ring (bicyclic) bond motifs is 1. The van der Waals surface area contributed by atoms with Crippen LogP contribution in [0.2, 0.25) is 15.1 Å². The van der Waals surface area contributed by atoms with Gasteiger partial charge in [0.2, 0.25) is 5.91 Å². The van der Waals surface area contributed by atoms with E-state index in [1.165, 1.54) is 0 Å². The fraction of sp³-hybridized carbons (Fsp3) is 0.280. The number of halogens is 3. The van der Waals surface area contributed by atoms with Crippen LogP contribution in [0.4, 0.5) is 5.69 Å². The molecule has 2 aliphatic rings. The van der Waals surface area contributed by atoms with Crippen LogP contribution in [0.3, 0.4) is 0 Å². The molecular weight excluding hydrogens is 523 g/mol. The molecule has 4 rings (SSSR count). The number of carbonyl (C=O) groups is 1. The second kappa shape index (κ2) is 10.6. The Hall–Kier alpha value is -2.91. The number of benzene rings is 2. The zero-order valence-electron chi connectivity index (χ0n) is 20.2. The number of nitrogens with one attached hydrogen (secondary N) is 2. The molecule has 188 valence electrons. The molecule has 11 heteroatoms. The Kier molecular flexibility index (Phi) is 7.70. The maximum atomic E-state index is 13.1. The van der Waals surface area contributed by atoms with E-state index in [1.54, 1.807) is 33.8 Å². The standard InChI is InChI=1S/C25H25Cl3N6O2/c1-13(2)22-21-24(34(32-22)23-17(27)10-15(26)11-18(23)28)30-19(31-25(21)36)9-14-5-7-16(8-6-14)29-20(35)12-33(3)4/h5-8,10-11,13,32H,9,12H2,1-4H3,(H,29,35). The summed E-state index contributed by atoms with van der Waals surface area (Å²) in [4.78, 5) is 35.9. The van der Waals surface area contributed by atoms with E-state index in [9.17, 15) is 9.59 Å². The predicted octanol–water partition coefficient (Wildman–Crippen LogP) is 5.23. The van der Waals surface area contributed by atoms with Crippen molar-refractivity contribution in [2.75, 3.05) is 26.0 Å². The molecule has 0 saturated carbocycles. The molecule has 2 aliphatic heterocycles. The number of aromatic nitrogens is 4. The van der Waals surface area contributed by atoms with Crippen molar-refractivity contribution in [3.05, 3.63) is 78.9 Å². The van der Waals surface area contributed by atoms with Crippen molar-refractivity contribution in [1.29, 1.82) is 0 Å². The van der Waals surface area contributed by atoms with Crippen molar-refractivity contribution < 1.29 is 4.79 Å². The zero-order valence-corrected chi connectivity index (χ0v) is 22.5. The van der Waals surface area contributed by atoms with Crippen LogP contribution in [0.1, 0.15) is 36.8 Å². The number of aromatic amines is 1. The fourth-order valence-corrected chi connectivity index (χ4v) is 4.87. The average molecular weight is 548 g/mol. The number of nitrogens with zero attached hydrogens (tertiary/aromatic N) is 4. The molecule has 2 aromatic rings. The molecule has 0 bridgehead atoms. The number of rotatable bonds is 7. The Balaban J connectivity index is 1.72. The molecule has 36 heavy (non-hydrogen) atoms. The SMILES string of the molecule is CC(C)c1[nH]n(-c2c(Cl)cc(Cl)cc2Cl)c2nc(Cc3ccc(NC(=O)CN(C)C)cc3)nc(=O)c1-2. The highest BCUT2D eigenvalue weighted by molar-refractivity contribution is 6.40. The van der Waals surface area contributed by atoms with Gasteiger partial charge in [0.15, 0.2) is 5.82 Å². The Labute approximate surface area is 223 Å². The lowest BCUT2D eigenvalue weighted by Crippen LogP contribution is -2.27. The monoisotopic (exact) mass is 546 g/mol. The summed E-state index contributed by atoms with van der Waals surface area (Å²) in [5.41, 5.74) is 2.69. The van der Waals surface area contributed by atoms with Crippen molar-refractivity contribution in [1.82, 2.24) is 24.6 Å². The van der Waals surface area contributed by atoms with E-state index in [1.807, 2.05) is 40.1 Å². The highest BCUT2D eigenvalue weighted by Gasteiger charge is 2.27. The summed E-state index contributed by atoms with van der Waals surface area (Å²) in [6, 6.07) is 10.5. The maximum absolute atomic E-state index is 13.1. The second-order valence-electron chi connectivity index (χ2n) is 9.04. The summed E-state index contributed by atoms with van der Waals surface area (Å²) in [6.45, 7) is 4.22. The largest absolute Gasteiger partial charge is 0.325 e. The molecule has 0 aromatic heterocycles. The molecule has 8 nitrogen and oxygen atoms in total. The van der Waals surface area contributed by atoms with Crippen LogP contribution in [0.15, 0.2) is 41.2 Å². The van der Waals surface area contributed by atoms with Gasteiger partial charge in [-0.2, -0.15) is 4.98 Å². The summed E-state index contributed by atoms with van der Waals surface area (Å²) < 4.78 is 1.61. The zero-order chi connectivity index (χ0) is 26.1. The fourth-order valence-electron chi connectivity index (χ4n) is 3.88. The van der Waals surface area contributed by atoms with E-state index in [0.717, 1.165) is 5.56 Å². The number of hydrogen-bond acceptors (Lipinski definition) is 5. The minimum atomic E-state index is -0.387. The van der Waals surface area contributed by atoms with E-state index in [0.29, 0.717) is 62.3 Å². The van der Waals surface area contributed by atoms with Crippen molar-refractivity contribution in [3.8, 4) is 17.1 Å². The Bertz CT molecular complexity index is 1420. The third-order valence-corrected chi connectivity index (χ3v) is 6.25. The van der Waals surface area contributed by atoms with E-state index >= 15 is 0 Å². The summed E-state index contributed by atoms with van der Waals surface area (Å²) in [5, 5.41) is 7.11. The van der Waals surface area contributed by atoms with Gasteiger partial charge >= 0.3 is 0 Å². The summed E-state index contributed by atoms with van der Waals surface area (Å²) in [7, 11) is 3.66. The number of amides is 1. The van der Waals surface area contributed by atoms with Gasteiger partial charge in [-0.15, -0.1) is 0 Å². The first-order chi connectivity index (χ1) is 17.0. The van der Waals surface area contributed by atoms with Gasteiger partial charge < -0.3 is 10.2 Å². The summed E-state index contributed by atoms with van der Waals surface area (Å²) in [5.74, 6) is 0.625. The molecule has 0 atom stereocenters. The number of anilines is 1. The van der Waals surface area contributed by atoms with Gasteiger partial charge in [-0.3, -0.25) is 14.7 Å². The topological polar surface area (TPSA) is 95.9 Å². The third-order valence-electron chi connectivity index (χ3n) is 5.46. The first-order valence-corrected chi connectivity index (χ1v) is 12.4. The van der Waals surface area contributed by atoms with Crippen LogP contribution in [0.5, 0.6) is 0 Å². The van der Waals surface area contributed by atoms with Crippen molar-refractivity contribution in [2.45, 2.75) is 26.2 Å². The van der Waals surface area contributed by atoms with Gasteiger partial charge in [0, 0.05) is 17.1 Å². The van der Waals surface area contributed by atoms with Crippen LogP contribution in [-0.2, 0) is 11.2 Å². The smallest absolute Gasteiger partial charge is 0.284 e. The van der Waals surface area contributed by atoms with Crippen LogP contribution < -0.4 is 10.9 Å². The second-order valence-corrected chi connectivity index (χ2v) is 10.3. The minimum absolute atomic E-state index is 0.00370. The highest BCUT2D eigenvalue weighted by atomic mass is 35.5. The summed E-state index contributed by atoms with van der Waals surface area (Å²) in [6.07, 6.45) is 0.321. The van der Waals surface area contributed by atoms with Gasteiger partial charge in [0.05, 0.1) is 22.3 Å². The van der Waals surface area contributed by atoms with Gasteiger partial charge in [-0.25, -0.2) is 9.67 Å². The van der Waals surface area contributed by atoms with E-state index in [2.05, 4.69) is 15.4 Å². The minimum Gasteiger partial charge on any atom is -0.325 e. The lowest BCUT2D eigenvalue weighted by molar-refractivity contribution is -0.116. The molecule has 2 heterocycles. The Morgan fingerprint density at radius 3 is 2.31 bits per heavy atom. The third kappa shape index (κ3) is 5.57. The molecular formula is C25H25Cl3N6O2. The molecule has 0 aliphatic carbocycles. The highest BCUT2D eigenvalue weighted by Crippen LogP contribution is 2.36. The molecule has 0 spiro atoms. The predicted molar refractivity (Wildman–Crippen MR) is 144 cm³/mol. The van der Waals surface area contributed by atoms with Crippen LogP contribution in [0, 0.1) is 0 Å². The quantitative estimate of drug-likeness (QED) is 0.330. The number of likely N-dealkylation sites (N-methyl/N-ethyl adjacent to an activating group) is 1. The first kappa shape index (κ1) is 26.2. The lowest BCUT2D eigenvalue weighted by Gasteiger charge is -2.12. The molecule has 0 saturated heterocycles. The van der Waals surface area contributed by atoms with Crippen molar-refractivity contribution in [2.24, 2.45) is 0 Å². The van der Waals surface area contributed by atoms with Crippen LogP contribution >= 0.6 is 34.8 Å². The van der Waals surface area contributed by atoms with Gasteiger partial charge in [-0.05, 0) is 49.8 Å². The van der Waals surface area contributed by atoms with Gasteiger partial charge in [0.25, 0.3) is 5.56 Å². The number of carbonyl (C=O) groups excluding carboxylic acids is 1. The molecule has 1 amide bonds. The summed E-state index contributed by atoms with van der Waals surface area (Å²) >= 11 is 19.1. The Morgan fingerprint density at radius 1 is 1.08 bits per heavy atom. The van der Waals surface area contributed by atoms with E-state index < -0.39 is 0 Å². The average Bonchev–Trinajstić information content (AvgIpc) is 3.14. The van der Waals surface area contributed by atoms with Crippen LogP contribution in [0.25, 0.3) is 17.1 Å². The van der Waals surface area contributed by atoms with Crippen molar-refractivity contribution >= 4 is 46.4 Å². The first-order valence-electron chi connectivity index (χ1n) is 11.2. The molecule has 0 fully saturated rings. The maximum Gasteiger partial charge on any atom is 0.284 e. The van der Waals surface area contributed by atoms with Crippen molar-refractivity contribution in [3.63, 3.8) is 0 Å². The van der Waals surface area contributed by atoms with Gasteiger partial charge in [-0.1, -0.05) is 60.8 Å². The number of hydrogen-bond donors (Lipinski definition) is 2. The number of H-pyrrole nitrogens is 1. The van der Waals surface area contributed by atoms with E-state index in [-0.39, 0.29) is 17.4 Å².